The van der Waals surface area contributed by atoms with Gasteiger partial charge in [0.1, 0.15) is 11.5 Å². The van der Waals surface area contributed by atoms with E-state index < -0.39 is 0 Å². The lowest BCUT2D eigenvalue weighted by atomic mass is 10.1. The van der Waals surface area contributed by atoms with Crippen LogP contribution in [0.3, 0.4) is 0 Å². The SMILES string of the molecule is Cc1cc(C)c2nc(N(Cc3ccccc3)C(=O)c3ccc(Oc4ccccc4)cc3)sc2c1. The Morgan fingerprint density at radius 2 is 1.50 bits per heavy atom. The first kappa shape index (κ1) is 21.9. The van der Waals surface area contributed by atoms with Gasteiger partial charge in [-0.2, -0.15) is 0 Å². The molecule has 4 aromatic carbocycles. The molecule has 0 saturated heterocycles. The molecule has 4 nitrogen and oxygen atoms in total. The molecule has 0 aliphatic rings. The van der Waals surface area contributed by atoms with Gasteiger partial charge in [-0.1, -0.05) is 65.9 Å². The van der Waals surface area contributed by atoms with E-state index in [1.165, 1.54) is 5.56 Å². The third-order valence-electron chi connectivity index (χ3n) is 5.56. The zero-order valence-electron chi connectivity index (χ0n) is 19.1. The minimum Gasteiger partial charge on any atom is -0.457 e. The number of rotatable bonds is 6. The number of fused-ring (bicyclic) bond motifs is 1. The molecule has 0 saturated carbocycles. The van der Waals surface area contributed by atoms with Crippen molar-refractivity contribution in [3.8, 4) is 11.5 Å². The molecule has 0 radical (unpaired) electrons. The van der Waals surface area contributed by atoms with Crippen molar-refractivity contribution in [2.24, 2.45) is 0 Å². The van der Waals surface area contributed by atoms with Gasteiger partial charge in [0.05, 0.1) is 16.8 Å². The molecule has 0 aliphatic heterocycles. The number of amides is 1. The van der Waals surface area contributed by atoms with Crippen LogP contribution in [0.2, 0.25) is 0 Å². The Kier molecular flexibility index (Phi) is 6.11. The molecule has 0 fully saturated rings. The van der Waals surface area contributed by atoms with Crippen LogP contribution in [0.4, 0.5) is 5.13 Å². The quantitative estimate of drug-likeness (QED) is 0.260. The number of ether oxygens (including phenoxy) is 1. The molecule has 5 aromatic rings. The smallest absolute Gasteiger partial charge is 0.260 e. The van der Waals surface area contributed by atoms with Gasteiger partial charge in [0.25, 0.3) is 5.91 Å². The van der Waals surface area contributed by atoms with E-state index in [1.54, 1.807) is 28.4 Å². The minimum absolute atomic E-state index is 0.0939. The maximum absolute atomic E-state index is 13.7. The molecule has 1 aromatic heterocycles. The Labute approximate surface area is 203 Å². The third kappa shape index (κ3) is 4.70. The first-order valence-electron chi connectivity index (χ1n) is 11.1. The van der Waals surface area contributed by atoms with Crippen LogP contribution in [0.25, 0.3) is 10.2 Å². The molecule has 168 valence electrons. The van der Waals surface area contributed by atoms with Gasteiger partial charge in [-0.25, -0.2) is 4.98 Å². The number of carbonyl (C=O) groups excluding carboxylic acids is 1. The lowest BCUT2D eigenvalue weighted by Crippen LogP contribution is -2.30. The number of benzene rings is 4. The number of carbonyl (C=O) groups is 1. The maximum atomic E-state index is 13.7. The predicted molar refractivity (Wildman–Crippen MR) is 139 cm³/mol. The van der Waals surface area contributed by atoms with E-state index in [4.69, 9.17) is 9.72 Å². The molecule has 0 N–H and O–H groups in total. The highest BCUT2D eigenvalue weighted by Gasteiger charge is 2.22. The Morgan fingerprint density at radius 3 is 2.21 bits per heavy atom. The fourth-order valence-corrected chi connectivity index (χ4v) is 5.05. The number of aryl methyl sites for hydroxylation is 2. The fourth-order valence-electron chi connectivity index (χ4n) is 3.91. The second kappa shape index (κ2) is 9.49. The van der Waals surface area contributed by atoms with Gasteiger partial charge >= 0.3 is 0 Å². The van der Waals surface area contributed by atoms with E-state index in [2.05, 4.69) is 26.0 Å². The van der Waals surface area contributed by atoms with E-state index in [9.17, 15) is 4.79 Å². The molecule has 0 spiro atoms. The molecule has 1 amide bonds. The van der Waals surface area contributed by atoms with Crippen LogP contribution in [0, 0.1) is 13.8 Å². The molecule has 0 unspecified atom stereocenters. The lowest BCUT2D eigenvalue weighted by molar-refractivity contribution is 0.0985. The third-order valence-corrected chi connectivity index (χ3v) is 6.58. The normalized spacial score (nSPS) is 10.9. The number of anilines is 1. The highest BCUT2D eigenvalue weighted by atomic mass is 32.1. The van der Waals surface area contributed by atoms with Crippen molar-refractivity contribution < 1.29 is 9.53 Å². The largest absolute Gasteiger partial charge is 0.457 e. The van der Waals surface area contributed by atoms with Crippen LogP contribution in [0.15, 0.2) is 97.1 Å². The van der Waals surface area contributed by atoms with E-state index in [1.807, 2.05) is 72.8 Å². The zero-order valence-corrected chi connectivity index (χ0v) is 19.9. The van der Waals surface area contributed by atoms with Crippen molar-refractivity contribution in [3.05, 3.63) is 119 Å². The Bertz CT molecular complexity index is 1430. The average molecular weight is 465 g/mol. The number of thiazole rings is 1. The highest BCUT2D eigenvalue weighted by Crippen LogP contribution is 2.33. The van der Waals surface area contributed by atoms with Crippen LogP contribution in [0.5, 0.6) is 11.5 Å². The van der Waals surface area contributed by atoms with Crippen molar-refractivity contribution in [2.45, 2.75) is 20.4 Å². The number of para-hydroxylation sites is 1. The number of hydrogen-bond donors (Lipinski definition) is 0. The van der Waals surface area contributed by atoms with E-state index >= 15 is 0 Å². The first-order chi connectivity index (χ1) is 16.6. The number of nitrogens with zero attached hydrogens (tertiary/aromatic N) is 2. The molecule has 34 heavy (non-hydrogen) atoms. The van der Waals surface area contributed by atoms with Gasteiger partial charge in [-0.05, 0) is 73.0 Å². The molecule has 5 heteroatoms. The van der Waals surface area contributed by atoms with Gasteiger partial charge in [0.2, 0.25) is 0 Å². The van der Waals surface area contributed by atoms with E-state index in [-0.39, 0.29) is 5.91 Å². The van der Waals surface area contributed by atoms with Crippen LogP contribution in [-0.4, -0.2) is 10.9 Å². The average Bonchev–Trinajstić information content (AvgIpc) is 3.28. The monoisotopic (exact) mass is 464 g/mol. The molecule has 1 heterocycles. The summed E-state index contributed by atoms with van der Waals surface area (Å²) in [4.78, 5) is 20.3. The second-order valence-electron chi connectivity index (χ2n) is 8.24. The maximum Gasteiger partial charge on any atom is 0.260 e. The van der Waals surface area contributed by atoms with Gasteiger partial charge in [0.15, 0.2) is 5.13 Å². The molecular weight excluding hydrogens is 440 g/mol. The van der Waals surface area contributed by atoms with Crippen molar-refractivity contribution in [1.29, 1.82) is 0 Å². The summed E-state index contributed by atoms with van der Waals surface area (Å²) in [6.45, 7) is 4.59. The summed E-state index contributed by atoms with van der Waals surface area (Å²) in [6.07, 6.45) is 0. The van der Waals surface area contributed by atoms with Gasteiger partial charge in [0, 0.05) is 5.56 Å². The highest BCUT2D eigenvalue weighted by molar-refractivity contribution is 7.22. The first-order valence-corrected chi connectivity index (χ1v) is 11.9. The summed E-state index contributed by atoms with van der Waals surface area (Å²) >= 11 is 1.55. The van der Waals surface area contributed by atoms with Crippen LogP contribution < -0.4 is 9.64 Å². The lowest BCUT2D eigenvalue weighted by Gasteiger charge is -2.20. The fraction of sp³-hybridized carbons (Fsp3) is 0.103. The van der Waals surface area contributed by atoms with Crippen molar-refractivity contribution in [3.63, 3.8) is 0 Å². The van der Waals surface area contributed by atoms with Crippen LogP contribution >= 0.6 is 11.3 Å². The summed E-state index contributed by atoms with van der Waals surface area (Å²) in [5, 5.41) is 0.696. The Morgan fingerprint density at radius 1 is 0.853 bits per heavy atom. The minimum atomic E-state index is -0.0939. The zero-order chi connectivity index (χ0) is 23.5. The summed E-state index contributed by atoms with van der Waals surface area (Å²) in [6, 6.07) is 31.1. The number of hydrogen-bond acceptors (Lipinski definition) is 4. The van der Waals surface area contributed by atoms with Gasteiger partial charge in [-0.15, -0.1) is 0 Å². The predicted octanol–water partition coefficient (Wildman–Crippen LogP) is 7.55. The van der Waals surface area contributed by atoms with Crippen LogP contribution in [0.1, 0.15) is 27.0 Å². The topological polar surface area (TPSA) is 42.4 Å². The summed E-state index contributed by atoms with van der Waals surface area (Å²) in [7, 11) is 0. The van der Waals surface area contributed by atoms with E-state index in [0.717, 1.165) is 27.1 Å². The van der Waals surface area contributed by atoms with E-state index in [0.29, 0.717) is 23.0 Å². The Balaban J connectivity index is 1.47. The molecular formula is C29H24N2O2S. The molecule has 0 atom stereocenters. The standard InChI is InChI=1S/C29H24N2O2S/c1-20-17-21(2)27-26(18-20)34-29(30-27)31(19-22-9-5-3-6-10-22)28(32)23-13-15-25(16-14-23)33-24-11-7-4-8-12-24/h3-18H,19H2,1-2H3. The van der Waals surface area contributed by atoms with Crippen molar-refractivity contribution in [1.82, 2.24) is 4.98 Å². The van der Waals surface area contributed by atoms with Gasteiger partial charge < -0.3 is 4.74 Å². The van der Waals surface area contributed by atoms with Crippen LogP contribution in [-0.2, 0) is 6.54 Å². The second-order valence-corrected chi connectivity index (χ2v) is 9.25. The number of aromatic nitrogens is 1. The van der Waals surface area contributed by atoms with Gasteiger partial charge in [-0.3, -0.25) is 9.69 Å². The summed E-state index contributed by atoms with van der Waals surface area (Å²) < 4.78 is 6.97. The summed E-state index contributed by atoms with van der Waals surface area (Å²) in [5.41, 5.74) is 4.89. The Hall–Kier alpha value is -3.96. The van der Waals surface area contributed by atoms with Crippen molar-refractivity contribution in [2.75, 3.05) is 4.90 Å². The molecule has 5 rings (SSSR count). The summed E-state index contributed by atoms with van der Waals surface area (Å²) in [5.74, 6) is 1.35. The molecule has 0 bridgehead atoms. The molecule has 0 aliphatic carbocycles. The van der Waals surface area contributed by atoms with Crippen molar-refractivity contribution >= 4 is 32.6 Å².